The van der Waals surface area contributed by atoms with E-state index in [1.807, 2.05) is 6.07 Å². The van der Waals surface area contributed by atoms with Crippen molar-refractivity contribution in [2.45, 2.75) is 38.6 Å². The molecule has 0 radical (unpaired) electrons. The fraction of sp³-hybridized carbons (Fsp3) is 0.562. The number of anilines is 2. The normalized spacial score (nSPS) is 25.4. The van der Waals surface area contributed by atoms with Crippen molar-refractivity contribution in [1.29, 1.82) is 0 Å². The minimum absolute atomic E-state index is 0.139. The van der Waals surface area contributed by atoms with E-state index in [9.17, 15) is 4.79 Å². The van der Waals surface area contributed by atoms with E-state index >= 15 is 0 Å². The second-order valence-electron chi connectivity index (χ2n) is 5.97. The molecule has 4 heteroatoms. The van der Waals surface area contributed by atoms with Crippen LogP contribution in [0.1, 0.15) is 31.7 Å². The molecule has 0 saturated carbocycles. The SMILES string of the molecule is C[C@H]1C[C@@H](C(=O)Nc2ccc3c(c2)CCCN3)CCN1. The quantitative estimate of drug-likeness (QED) is 0.775. The van der Waals surface area contributed by atoms with E-state index in [2.05, 4.69) is 35.0 Å². The van der Waals surface area contributed by atoms with Gasteiger partial charge in [0.15, 0.2) is 0 Å². The summed E-state index contributed by atoms with van der Waals surface area (Å²) in [4.78, 5) is 12.3. The number of hydrogen-bond acceptors (Lipinski definition) is 3. The van der Waals surface area contributed by atoms with Crippen LogP contribution >= 0.6 is 0 Å². The molecule has 2 heterocycles. The zero-order valence-electron chi connectivity index (χ0n) is 12.0. The van der Waals surface area contributed by atoms with Gasteiger partial charge in [-0.2, -0.15) is 0 Å². The summed E-state index contributed by atoms with van der Waals surface area (Å²) in [6, 6.07) is 6.63. The average molecular weight is 273 g/mol. The van der Waals surface area contributed by atoms with E-state index in [4.69, 9.17) is 0 Å². The summed E-state index contributed by atoms with van der Waals surface area (Å²) in [5, 5.41) is 9.86. The Balaban J connectivity index is 1.66. The number of hydrogen-bond donors (Lipinski definition) is 3. The Kier molecular flexibility index (Phi) is 3.92. The first-order valence-corrected chi connectivity index (χ1v) is 7.63. The number of piperidine rings is 1. The molecule has 1 aromatic carbocycles. The Morgan fingerprint density at radius 3 is 3.10 bits per heavy atom. The summed E-state index contributed by atoms with van der Waals surface area (Å²) >= 11 is 0. The minimum atomic E-state index is 0.139. The Hall–Kier alpha value is -1.55. The van der Waals surface area contributed by atoms with Crippen LogP contribution in [0.15, 0.2) is 18.2 Å². The summed E-state index contributed by atoms with van der Waals surface area (Å²) < 4.78 is 0. The van der Waals surface area contributed by atoms with E-state index < -0.39 is 0 Å². The number of aryl methyl sites for hydroxylation is 1. The van der Waals surface area contributed by atoms with Crippen molar-refractivity contribution in [3.63, 3.8) is 0 Å². The molecular weight excluding hydrogens is 250 g/mol. The van der Waals surface area contributed by atoms with Gasteiger partial charge in [0.2, 0.25) is 5.91 Å². The Labute approximate surface area is 120 Å². The second kappa shape index (κ2) is 5.83. The van der Waals surface area contributed by atoms with Gasteiger partial charge in [0, 0.05) is 29.9 Å². The maximum absolute atomic E-state index is 12.3. The van der Waals surface area contributed by atoms with Crippen molar-refractivity contribution in [2.75, 3.05) is 23.7 Å². The molecule has 3 N–H and O–H groups in total. The number of benzene rings is 1. The van der Waals surface area contributed by atoms with Crippen LogP contribution in [0.5, 0.6) is 0 Å². The van der Waals surface area contributed by atoms with Gasteiger partial charge in [-0.3, -0.25) is 4.79 Å². The highest BCUT2D eigenvalue weighted by Gasteiger charge is 2.24. The topological polar surface area (TPSA) is 53.2 Å². The molecule has 0 aromatic heterocycles. The van der Waals surface area contributed by atoms with Gasteiger partial charge in [-0.05, 0) is 62.9 Å². The summed E-state index contributed by atoms with van der Waals surface area (Å²) in [7, 11) is 0. The van der Waals surface area contributed by atoms with Gasteiger partial charge in [0.05, 0.1) is 0 Å². The molecule has 2 aliphatic heterocycles. The molecule has 0 spiro atoms. The molecule has 2 aliphatic rings. The molecule has 1 aromatic rings. The highest BCUT2D eigenvalue weighted by molar-refractivity contribution is 5.93. The molecule has 20 heavy (non-hydrogen) atoms. The van der Waals surface area contributed by atoms with Gasteiger partial charge in [-0.1, -0.05) is 0 Å². The van der Waals surface area contributed by atoms with Crippen LogP contribution < -0.4 is 16.0 Å². The van der Waals surface area contributed by atoms with E-state index in [1.54, 1.807) is 0 Å². The van der Waals surface area contributed by atoms with Crippen LogP contribution in [0, 0.1) is 5.92 Å². The van der Waals surface area contributed by atoms with E-state index in [-0.39, 0.29) is 11.8 Å². The molecule has 1 amide bonds. The molecule has 0 aliphatic carbocycles. The summed E-state index contributed by atoms with van der Waals surface area (Å²) in [5.74, 6) is 0.308. The van der Waals surface area contributed by atoms with Crippen LogP contribution in [0.3, 0.4) is 0 Å². The van der Waals surface area contributed by atoms with Crippen molar-refractivity contribution in [2.24, 2.45) is 5.92 Å². The lowest BCUT2D eigenvalue weighted by Crippen LogP contribution is -2.40. The molecule has 0 bridgehead atoms. The highest BCUT2D eigenvalue weighted by atomic mass is 16.1. The molecule has 1 fully saturated rings. The van der Waals surface area contributed by atoms with E-state index in [1.165, 1.54) is 11.3 Å². The van der Waals surface area contributed by atoms with Gasteiger partial charge in [-0.15, -0.1) is 0 Å². The van der Waals surface area contributed by atoms with Crippen LogP contribution in [-0.2, 0) is 11.2 Å². The Morgan fingerprint density at radius 1 is 1.35 bits per heavy atom. The maximum atomic E-state index is 12.3. The lowest BCUT2D eigenvalue weighted by Gasteiger charge is -2.27. The maximum Gasteiger partial charge on any atom is 0.227 e. The van der Waals surface area contributed by atoms with Gasteiger partial charge >= 0.3 is 0 Å². The minimum Gasteiger partial charge on any atom is -0.385 e. The van der Waals surface area contributed by atoms with Gasteiger partial charge < -0.3 is 16.0 Å². The average Bonchev–Trinajstić information content (AvgIpc) is 2.47. The fourth-order valence-corrected chi connectivity index (χ4v) is 3.17. The van der Waals surface area contributed by atoms with Crippen molar-refractivity contribution in [1.82, 2.24) is 5.32 Å². The van der Waals surface area contributed by atoms with Crippen LogP contribution in [-0.4, -0.2) is 25.0 Å². The fourth-order valence-electron chi connectivity index (χ4n) is 3.17. The number of carbonyl (C=O) groups excluding carboxylic acids is 1. The zero-order chi connectivity index (χ0) is 13.9. The number of amides is 1. The first-order chi connectivity index (χ1) is 9.72. The number of nitrogens with one attached hydrogen (secondary N) is 3. The van der Waals surface area contributed by atoms with Gasteiger partial charge in [0.1, 0.15) is 0 Å². The van der Waals surface area contributed by atoms with E-state index in [0.29, 0.717) is 6.04 Å². The van der Waals surface area contributed by atoms with Crippen molar-refractivity contribution in [3.05, 3.63) is 23.8 Å². The Bertz CT molecular complexity index is 500. The first-order valence-electron chi connectivity index (χ1n) is 7.63. The molecule has 1 saturated heterocycles. The third-order valence-electron chi connectivity index (χ3n) is 4.31. The molecule has 2 atom stereocenters. The summed E-state index contributed by atoms with van der Waals surface area (Å²) in [6.07, 6.45) is 4.12. The van der Waals surface area contributed by atoms with Crippen molar-refractivity contribution < 1.29 is 4.79 Å². The monoisotopic (exact) mass is 273 g/mol. The van der Waals surface area contributed by atoms with Crippen LogP contribution in [0.2, 0.25) is 0 Å². The Morgan fingerprint density at radius 2 is 2.25 bits per heavy atom. The van der Waals surface area contributed by atoms with E-state index in [0.717, 1.165) is 44.5 Å². The standard InChI is InChI=1S/C16H23N3O/c1-11-9-13(6-8-17-11)16(20)19-14-4-5-15-12(10-14)3-2-7-18-15/h4-5,10-11,13,17-18H,2-3,6-9H2,1H3,(H,19,20)/t11-,13-/m0/s1. The zero-order valence-corrected chi connectivity index (χ0v) is 12.0. The predicted molar refractivity (Wildman–Crippen MR) is 82.1 cm³/mol. The predicted octanol–water partition coefficient (Wildman–Crippen LogP) is 2.37. The highest BCUT2D eigenvalue weighted by Crippen LogP contribution is 2.26. The largest absolute Gasteiger partial charge is 0.385 e. The lowest BCUT2D eigenvalue weighted by molar-refractivity contribution is -0.120. The number of carbonyl (C=O) groups is 1. The number of rotatable bonds is 2. The number of fused-ring (bicyclic) bond motifs is 1. The molecule has 0 unspecified atom stereocenters. The third kappa shape index (κ3) is 2.96. The van der Waals surface area contributed by atoms with Crippen LogP contribution in [0.25, 0.3) is 0 Å². The second-order valence-corrected chi connectivity index (χ2v) is 5.97. The van der Waals surface area contributed by atoms with Gasteiger partial charge in [-0.25, -0.2) is 0 Å². The van der Waals surface area contributed by atoms with Gasteiger partial charge in [0.25, 0.3) is 0 Å². The van der Waals surface area contributed by atoms with Crippen molar-refractivity contribution >= 4 is 17.3 Å². The lowest BCUT2D eigenvalue weighted by atomic mass is 9.92. The molecular formula is C16H23N3O. The molecule has 3 rings (SSSR count). The first kappa shape index (κ1) is 13.4. The summed E-state index contributed by atoms with van der Waals surface area (Å²) in [5.41, 5.74) is 3.46. The van der Waals surface area contributed by atoms with Crippen molar-refractivity contribution in [3.8, 4) is 0 Å². The smallest absolute Gasteiger partial charge is 0.227 e. The van der Waals surface area contributed by atoms with Crippen LogP contribution in [0.4, 0.5) is 11.4 Å². The molecule has 4 nitrogen and oxygen atoms in total. The molecule has 108 valence electrons. The third-order valence-corrected chi connectivity index (χ3v) is 4.31. The summed E-state index contributed by atoms with van der Waals surface area (Å²) in [6.45, 7) is 4.13.